The van der Waals surface area contributed by atoms with Gasteiger partial charge >= 0.3 is 0 Å². The predicted molar refractivity (Wildman–Crippen MR) is 50.7 cm³/mol. The molecule has 0 aromatic heterocycles. The standard InChI is InChI=1S/C10H18O2/c1-5-7(3)9(11)10(12)8(4)6-2/h5-12H,1-2H2,3-4H3/t7-,8-,9-,10?/m0/s1. The van der Waals surface area contributed by atoms with Gasteiger partial charge in [-0.15, -0.1) is 13.2 Å². The van der Waals surface area contributed by atoms with E-state index in [4.69, 9.17) is 0 Å². The molecule has 0 rings (SSSR count). The molecule has 0 fully saturated rings. The lowest BCUT2D eigenvalue weighted by molar-refractivity contribution is -0.0198. The summed E-state index contributed by atoms with van der Waals surface area (Å²) in [5.41, 5.74) is 0. The van der Waals surface area contributed by atoms with Crippen LogP contribution in [0.3, 0.4) is 0 Å². The molecule has 0 saturated heterocycles. The van der Waals surface area contributed by atoms with Crippen molar-refractivity contribution < 1.29 is 10.2 Å². The minimum Gasteiger partial charge on any atom is -0.390 e. The van der Waals surface area contributed by atoms with Gasteiger partial charge in [0.1, 0.15) is 0 Å². The first-order valence-electron chi connectivity index (χ1n) is 4.15. The van der Waals surface area contributed by atoms with Crippen molar-refractivity contribution in [2.24, 2.45) is 11.8 Å². The smallest absolute Gasteiger partial charge is 0.0864 e. The van der Waals surface area contributed by atoms with Crippen LogP contribution in [0.15, 0.2) is 25.3 Å². The van der Waals surface area contributed by atoms with E-state index >= 15 is 0 Å². The van der Waals surface area contributed by atoms with E-state index in [1.165, 1.54) is 0 Å². The second-order valence-electron chi connectivity index (χ2n) is 3.17. The zero-order valence-electron chi connectivity index (χ0n) is 7.77. The Kier molecular flexibility index (Phi) is 4.86. The topological polar surface area (TPSA) is 40.5 Å². The third-order valence-electron chi connectivity index (χ3n) is 2.17. The average Bonchev–Trinajstić information content (AvgIpc) is 2.12. The Morgan fingerprint density at radius 3 is 1.33 bits per heavy atom. The maximum absolute atomic E-state index is 9.52. The minimum absolute atomic E-state index is 0.0950. The molecule has 0 bridgehead atoms. The van der Waals surface area contributed by atoms with Crippen LogP contribution in [-0.4, -0.2) is 22.4 Å². The van der Waals surface area contributed by atoms with Gasteiger partial charge in [-0.1, -0.05) is 26.0 Å². The van der Waals surface area contributed by atoms with Crippen molar-refractivity contribution >= 4 is 0 Å². The average molecular weight is 170 g/mol. The summed E-state index contributed by atoms with van der Waals surface area (Å²) in [6, 6.07) is 0. The van der Waals surface area contributed by atoms with Crippen LogP contribution >= 0.6 is 0 Å². The molecule has 0 aliphatic rings. The highest BCUT2D eigenvalue weighted by Crippen LogP contribution is 2.15. The molecule has 0 spiro atoms. The molecule has 0 aromatic carbocycles. The van der Waals surface area contributed by atoms with Crippen molar-refractivity contribution in [1.29, 1.82) is 0 Å². The molecule has 0 radical (unpaired) electrons. The summed E-state index contributed by atoms with van der Waals surface area (Å²) < 4.78 is 0. The highest BCUT2D eigenvalue weighted by atomic mass is 16.3. The van der Waals surface area contributed by atoms with E-state index in [9.17, 15) is 10.2 Å². The van der Waals surface area contributed by atoms with Gasteiger partial charge < -0.3 is 10.2 Å². The van der Waals surface area contributed by atoms with Gasteiger partial charge in [-0.2, -0.15) is 0 Å². The fraction of sp³-hybridized carbons (Fsp3) is 0.600. The molecule has 0 saturated carbocycles. The van der Waals surface area contributed by atoms with Crippen molar-refractivity contribution in [3.05, 3.63) is 25.3 Å². The summed E-state index contributed by atoms with van der Waals surface area (Å²) in [5, 5.41) is 19.0. The summed E-state index contributed by atoms with van der Waals surface area (Å²) in [5.74, 6) is -0.190. The summed E-state index contributed by atoms with van der Waals surface area (Å²) in [6.45, 7) is 10.7. The van der Waals surface area contributed by atoms with Gasteiger partial charge in [0.2, 0.25) is 0 Å². The highest BCUT2D eigenvalue weighted by Gasteiger charge is 2.23. The van der Waals surface area contributed by atoms with E-state index in [0.717, 1.165) is 0 Å². The van der Waals surface area contributed by atoms with Gasteiger partial charge in [-0.3, -0.25) is 0 Å². The van der Waals surface area contributed by atoms with Crippen LogP contribution in [-0.2, 0) is 0 Å². The maximum atomic E-state index is 9.52. The van der Waals surface area contributed by atoms with Crippen LogP contribution in [0.1, 0.15) is 13.8 Å². The van der Waals surface area contributed by atoms with Gasteiger partial charge in [0, 0.05) is 11.8 Å². The lowest BCUT2D eigenvalue weighted by atomic mass is 9.92. The first-order valence-corrected chi connectivity index (χ1v) is 4.15. The van der Waals surface area contributed by atoms with E-state index in [1.807, 2.05) is 13.8 Å². The molecule has 1 unspecified atom stereocenters. The molecule has 0 aliphatic heterocycles. The van der Waals surface area contributed by atoms with Crippen molar-refractivity contribution in [2.75, 3.05) is 0 Å². The quantitative estimate of drug-likeness (QED) is 0.611. The predicted octanol–water partition coefficient (Wildman–Crippen LogP) is 1.35. The lowest BCUT2D eigenvalue weighted by Crippen LogP contribution is -2.35. The zero-order valence-corrected chi connectivity index (χ0v) is 7.77. The monoisotopic (exact) mass is 170 g/mol. The van der Waals surface area contributed by atoms with Crippen molar-refractivity contribution in [3.63, 3.8) is 0 Å². The molecule has 2 heteroatoms. The summed E-state index contributed by atoms with van der Waals surface area (Å²) in [4.78, 5) is 0. The molecular weight excluding hydrogens is 152 g/mol. The number of aliphatic hydroxyl groups excluding tert-OH is 2. The maximum Gasteiger partial charge on any atom is 0.0864 e. The fourth-order valence-electron chi connectivity index (χ4n) is 0.901. The number of hydrogen-bond donors (Lipinski definition) is 2. The molecule has 2 N–H and O–H groups in total. The number of hydrogen-bond acceptors (Lipinski definition) is 2. The Hall–Kier alpha value is -0.600. The van der Waals surface area contributed by atoms with E-state index < -0.39 is 12.2 Å². The van der Waals surface area contributed by atoms with E-state index in [0.29, 0.717) is 0 Å². The SMILES string of the molecule is C=C[C@H](C)C(O)[C@@H](O)[C@@H](C)C=C. The molecule has 4 atom stereocenters. The Balaban J connectivity index is 4.16. The first-order chi connectivity index (χ1) is 5.54. The molecule has 0 aliphatic carbocycles. The van der Waals surface area contributed by atoms with Crippen molar-refractivity contribution in [2.45, 2.75) is 26.1 Å². The van der Waals surface area contributed by atoms with Crippen LogP contribution in [0.2, 0.25) is 0 Å². The first kappa shape index (κ1) is 11.4. The van der Waals surface area contributed by atoms with Gasteiger partial charge in [-0.05, 0) is 0 Å². The summed E-state index contributed by atoms with van der Waals surface area (Å²) in [7, 11) is 0. The highest BCUT2D eigenvalue weighted by molar-refractivity contribution is 4.91. The molecule has 2 nitrogen and oxygen atoms in total. The largest absolute Gasteiger partial charge is 0.390 e. The summed E-state index contributed by atoms with van der Waals surface area (Å²) >= 11 is 0. The normalized spacial score (nSPS) is 20.7. The van der Waals surface area contributed by atoms with E-state index in [-0.39, 0.29) is 11.8 Å². The molecule has 70 valence electrons. The molecule has 0 aromatic rings. The van der Waals surface area contributed by atoms with Crippen molar-refractivity contribution in [3.8, 4) is 0 Å². The van der Waals surface area contributed by atoms with Crippen LogP contribution in [0.5, 0.6) is 0 Å². The van der Waals surface area contributed by atoms with Gasteiger partial charge in [0.25, 0.3) is 0 Å². The van der Waals surface area contributed by atoms with E-state index in [1.54, 1.807) is 12.2 Å². The Morgan fingerprint density at radius 2 is 1.17 bits per heavy atom. The summed E-state index contributed by atoms with van der Waals surface area (Å²) in [6.07, 6.45) is 1.75. The molecule has 0 heterocycles. The van der Waals surface area contributed by atoms with Crippen LogP contribution in [0.25, 0.3) is 0 Å². The van der Waals surface area contributed by atoms with Gasteiger partial charge in [0.05, 0.1) is 12.2 Å². The van der Waals surface area contributed by atoms with Crippen LogP contribution in [0.4, 0.5) is 0 Å². The second kappa shape index (κ2) is 5.12. The third-order valence-corrected chi connectivity index (χ3v) is 2.17. The molecule has 0 amide bonds. The molecular formula is C10H18O2. The molecule has 12 heavy (non-hydrogen) atoms. The third kappa shape index (κ3) is 2.80. The van der Waals surface area contributed by atoms with E-state index in [2.05, 4.69) is 13.2 Å². The minimum atomic E-state index is -0.754. The fourth-order valence-corrected chi connectivity index (χ4v) is 0.901. The Labute approximate surface area is 74.2 Å². The second-order valence-corrected chi connectivity index (χ2v) is 3.17. The Bertz CT molecular complexity index is 136. The number of aliphatic hydroxyl groups is 2. The van der Waals surface area contributed by atoms with Gasteiger partial charge in [0.15, 0.2) is 0 Å². The Morgan fingerprint density at radius 1 is 0.917 bits per heavy atom. The number of rotatable bonds is 5. The van der Waals surface area contributed by atoms with Crippen LogP contribution < -0.4 is 0 Å². The van der Waals surface area contributed by atoms with Crippen LogP contribution in [0, 0.1) is 11.8 Å². The van der Waals surface area contributed by atoms with Crippen molar-refractivity contribution in [1.82, 2.24) is 0 Å². The van der Waals surface area contributed by atoms with Gasteiger partial charge in [-0.25, -0.2) is 0 Å². The zero-order chi connectivity index (χ0) is 9.72. The lowest BCUT2D eigenvalue weighted by Gasteiger charge is -2.24.